The predicted octanol–water partition coefficient (Wildman–Crippen LogP) is 4.30. The topological polar surface area (TPSA) is 86.3 Å². The van der Waals surface area contributed by atoms with E-state index in [0.717, 1.165) is 11.5 Å². The largest absolute Gasteiger partial charge is 0.494 e. The third kappa shape index (κ3) is 6.23. The van der Waals surface area contributed by atoms with E-state index in [4.69, 9.17) is 18.9 Å². The van der Waals surface area contributed by atoms with Crippen LogP contribution in [-0.2, 0) is 9.59 Å². The van der Waals surface area contributed by atoms with Crippen LogP contribution in [0, 0.1) is 0 Å². The fraction of sp³-hybridized carbons (Fsp3) is 0.259. The van der Waals surface area contributed by atoms with Crippen LogP contribution in [0.15, 0.2) is 72.8 Å². The van der Waals surface area contributed by atoms with Gasteiger partial charge in [0.1, 0.15) is 29.6 Å². The van der Waals surface area contributed by atoms with E-state index in [1.165, 1.54) is 0 Å². The van der Waals surface area contributed by atoms with Crippen molar-refractivity contribution < 1.29 is 28.5 Å². The Morgan fingerprint density at radius 2 is 1.63 bits per heavy atom. The van der Waals surface area contributed by atoms with E-state index < -0.39 is 6.10 Å². The van der Waals surface area contributed by atoms with Gasteiger partial charge in [-0.15, -0.1) is 0 Å². The third-order valence-electron chi connectivity index (χ3n) is 5.28. The number of amides is 2. The molecule has 35 heavy (non-hydrogen) atoms. The molecular weight excluding hydrogens is 448 g/mol. The molecule has 0 aromatic heterocycles. The molecule has 1 N–H and O–H groups in total. The lowest BCUT2D eigenvalue weighted by atomic mass is 10.1. The summed E-state index contributed by atoms with van der Waals surface area (Å²) in [5.41, 5.74) is 1.11. The van der Waals surface area contributed by atoms with Crippen molar-refractivity contribution in [2.45, 2.75) is 20.0 Å². The van der Waals surface area contributed by atoms with Gasteiger partial charge in [0.25, 0.3) is 11.8 Å². The van der Waals surface area contributed by atoms with Gasteiger partial charge in [-0.1, -0.05) is 18.2 Å². The molecule has 1 unspecified atom stereocenters. The molecule has 0 saturated heterocycles. The van der Waals surface area contributed by atoms with E-state index in [1.807, 2.05) is 37.3 Å². The quantitative estimate of drug-likeness (QED) is 0.470. The number of benzene rings is 3. The average molecular weight is 477 g/mol. The lowest BCUT2D eigenvalue weighted by Crippen LogP contribution is -2.46. The van der Waals surface area contributed by atoms with Crippen molar-refractivity contribution in [3.63, 3.8) is 0 Å². The molecule has 2 amide bonds. The molecule has 0 saturated carbocycles. The third-order valence-corrected chi connectivity index (χ3v) is 5.28. The van der Waals surface area contributed by atoms with Crippen molar-refractivity contribution in [3.8, 4) is 23.0 Å². The van der Waals surface area contributed by atoms with Crippen LogP contribution in [0.4, 0.5) is 11.4 Å². The molecule has 182 valence electrons. The molecule has 1 aliphatic rings. The van der Waals surface area contributed by atoms with Gasteiger partial charge in [-0.3, -0.25) is 9.59 Å². The first kappa shape index (κ1) is 23.9. The minimum absolute atomic E-state index is 0.161. The van der Waals surface area contributed by atoms with E-state index >= 15 is 0 Å². The number of hydrogen-bond acceptors (Lipinski definition) is 6. The number of nitrogens with one attached hydrogen (secondary N) is 1. The van der Waals surface area contributed by atoms with Gasteiger partial charge in [0.05, 0.1) is 18.8 Å². The Balaban J connectivity index is 1.38. The van der Waals surface area contributed by atoms with Crippen molar-refractivity contribution in [1.82, 2.24) is 0 Å². The van der Waals surface area contributed by atoms with Crippen LogP contribution in [-0.4, -0.2) is 44.3 Å². The number of carbonyl (C=O) groups is 2. The lowest BCUT2D eigenvalue weighted by Gasteiger charge is -2.33. The van der Waals surface area contributed by atoms with Crippen molar-refractivity contribution in [2.24, 2.45) is 0 Å². The summed E-state index contributed by atoms with van der Waals surface area (Å²) in [6, 6.07) is 21.7. The zero-order valence-electron chi connectivity index (χ0n) is 19.7. The van der Waals surface area contributed by atoms with Crippen LogP contribution < -0.4 is 29.2 Å². The van der Waals surface area contributed by atoms with Crippen molar-refractivity contribution in [2.75, 3.05) is 36.6 Å². The maximum absolute atomic E-state index is 12.8. The van der Waals surface area contributed by atoms with Gasteiger partial charge in [-0.2, -0.15) is 0 Å². The second kappa shape index (κ2) is 11.3. The molecule has 3 aromatic rings. The van der Waals surface area contributed by atoms with E-state index in [2.05, 4.69) is 5.32 Å². The highest BCUT2D eigenvalue weighted by atomic mass is 16.5. The van der Waals surface area contributed by atoms with Gasteiger partial charge in [0, 0.05) is 5.69 Å². The summed E-state index contributed by atoms with van der Waals surface area (Å²) in [5, 5.41) is 2.81. The van der Waals surface area contributed by atoms with Crippen LogP contribution in [0.2, 0.25) is 0 Å². The molecule has 3 aromatic carbocycles. The summed E-state index contributed by atoms with van der Waals surface area (Å²) in [6.45, 7) is 4.70. The van der Waals surface area contributed by atoms with Crippen LogP contribution in [0.5, 0.6) is 23.0 Å². The van der Waals surface area contributed by atoms with Gasteiger partial charge in [-0.25, -0.2) is 0 Å². The Bertz CT molecular complexity index is 1150. The lowest BCUT2D eigenvalue weighted by molar-refractivity contribution is -0.125. The highest BCUT2D eigenvalue weighted by Gasteiger charge is 2.31. The zero-order valence-corrected chi connectivity index (χ0v) is 19.7. The number of ether oxygens (including phenoxy) is 4. The Morgan fingerprint density at radius 3 is 2.34 bits per heavy atom. The number of rotatable bonds is 10. The van der Waals surface area contributed by atoms with Crippen LogP contribution >= 0.6 is 0 Å². The average Bonchev–Trinajstić information content (AvgIpc) is 2.87. The second-order valence-electron chi connectivity index (χ2n) is 7.84. The summed E-state index contributed by atoms with van der Waals surface area (Å²) >= 11 is 0. The molecule has 0 radical (unpaired) electrons. The highest BCUT2D eigenvalue weighted by Crippen LogP contribution is 2.36. The maximum atomic E-state index is 12.8. The molecule has 1 aliphatic heterocycles. The van der Waals surface area contributed by atoms with Crippen molar-refractivity contribution in [1.29, 1.82) is 0 Å². The Morgan fingerprint density at radius 1 is 0.943 bits per heavy atom. The zero-order chi connectivity index (χ0) is 24.6. The number of fused-ring (bicyclic) bond motifs is 1. The van der Waals surface area contributed by atoms with Crippen molar-refractivity contribution >= 4 is 23.2 Å². The Kier molecular flexibility index (Phi) is 7.72. The fourth-order valence-electron chi connectivity index (χ4n) is 3.63. The Labute approximate surface area is 204 Å². The monoisotopic (exact) mass is 476 g/mol. The molecule has 1 atom stereocenters. The standard InChI is InChI=1S/C27H28N2O6/c1-3-32-22-10-12-23(13-11-22)34-18-26(30)28-20-9-14-25-24(17-20)29(27(31)19(2)35-25)15-16-33-21-7-5-4-6-8-21/h4-14,17,19H,3,15-16,18H2,1-2H3,(H,28,30). The number of para-hydroxylation sites is 1. The van der Waals surface area contributed by atoms with E-state index in [-0.39, 0.29) is 18.4 Å². The molecule has 0 fully saturated rings. The smallest absolute Gasteiger partial charge is 0.267 e. The molecule has 0 aliphatic carbocycles. The highest BCUT2D eigenvalue weighted by molar-refractivity contribution is 6.01. The molecule has 1 heterocycles. The van der Waals surface area contributed by atoms with Crippen LogP contribution in [0.1, 0.15) is 13.8 Å². The van der Waals surface area contributed by atoms with Gasteiger partial charge in [-0.05, 0) is 68.4 Å². The van der Waals surface area contributed by atoms with Crippen LogP contribution in [0.25, 0.3) is 0 Å². The van der Waals surface area contributed by atoms with Crippen LogP contribution in [0.3, 0.4) is 0 Å². The number of hydrogen-bond donors (Lipinski definition) is 1. The molecule has 0 spiro atoms. The van der Waals surface area contributed by atoms with Gasteiger partial charge in [0.15, 0.2) is 12.7 Å². The SMILES string of the molecule is CCOc1ccc(OCC(=O)Nc2ccc3c(c2)N(CCOc2ccccc2)C(=O)C(C)O3)cc1. The number of carbonyl (C=O) groups excluding carboxylic acids is 2. The van der Waals surface area contributed by atoms with E-state index in [9.17, 15) is 9.59 Å². The number of nitrogens with zero attached hydrogens (tertiary/aromatic N) is 1. The second-order valence-corrected chi connectivity index (χ2v) is 7.84. The minimum Gasteiger partial charge on any atom is -0.494 e. The first-order valence-electron chi connectivity index (χ1n) is 11.5. The first-order valence-corrected chi connectivity index (χ1v) is 11.5. The summed E-state index contributed by atoms with van der Waals surface area (Å²) in [7, 11) is 0. The van der Waals surface area contributed by atoms with Crippen molar-refractivity contribution in [3.05, 3.63) is 72.8 Å². The van der Waals surface area contributed by atoms with E-state index in [0.29, 0.717) is 42.6 Å². The Hall–Kier alpha value is -4.20. The molecule has 4 rings (SSSR count). The van der Waals surface area contributed by atoms with Gasteiger partial charge < -0.3 is 29.2 Å². The summed E-state index contributed by atoms with van der Waals surface area (Å²) in [5.74, 6) is 2.11. The fourth-order valence-corrected chi connectivity index (χ4v) is 3.63. The normalized spacial score (nSPS) is 14.5. The molecule has 0 bridgehead atoms. The first-order chi connectivity index (χ1) is 17.0. The molecule has 8 heteroatoms. The number of anilines is 2. The maximum Gasteiger partial charge on any atom is 0.267 e. The summed E-state index contributed by atoms with van der Waals surface area (Å²) in [6.07, 6.45) is -0.609. The van der Waals surface area contributed by atoms with E-state index in [1.54, 1.807) is 54.3 Å². The van der Waals surface area contributed by atoms with Gasteiger partial charge >= 0.3 is 0 Å². The van der Waals surface area contributed by atoms with Gasteiger partial charge in [0.2, 0.25) is 0 Å². The summed E-state index contributed by atoms with van der Waals surface area (Å²) in [4.78, 5) is 26.9. The minimum atomic E-state index is -0.609. The molecular formula is C27H28N2O6. The summed E-state index contributed by atoms with van der Waals surface area (Å²) < 4.78 is 22.5. The molecule has 8 nitrogen and oxygen atoms in total. The predicted molar refractivity (Wildman–Crippen MR) is 133 cm³/mol.